The second-order valence-electron chi connectivity index (χ2n) is 4.36. The number of nitrogens with zero attached hydrogens (tertiary/aromatic N) is 1. The van der Waals surface area contributed by atoms with Crippen molar-refractivity contribution in [1.82, 2.24) is 15.3 Å². The number of amides is 1. The van der Waals surface area contributed by atoms with Gasteiger partial charge in [0.05, 0.1) is 5.75 Å². The van der Waals surface area contributed by atoms with Crippen LogP contribution in [0.2, 0.25) is 0 Å². The first-order valence-electron chi connectivity index (χ1n) is 6.25. The van der Waals surface area contributed by atoms with Gasteiger partial charge < -0.3 is 10.3 Å². The summed E-state index contributed by atoms with van der Waals surface area (Å²) in [5, 5.41) is 3.11. The molecule has 0 unspecified atom stereocenters. The van der Waals surface area contributed by atoms with Crippen LogP contribution in [0.3, 0.4) is 0 Å². The highest BCUT2D eigenvalue weighted by Gasteiger charge is 2.06. The van der Waals surface area contributed by atoms with Gasteiger partial charge in [0.25, 0.3) is 0 Å². The first-order chi connectivity index (χ1) is 10.0. The molecule has 0 bridgehead atoms. The summed E-state index contributed by atoms with van der Waals surface area (Å²) in [5.41, 5.74) is 0.675. The van der Waals surface area contributed by atoms with E-state index in [1.165, 1.54) is 6.07 Å². The van der Waals surface area contributed by atoms with Crippen LogP contribution in [0, 0.1) is 12.7 Å². The van der Waals surface area contributed by atoms with Crippen LogP contribution < -0.4 is 11.0 Å². The third-order valence-corrected chi connectivity index (χ3v) is 3.55. The molecular formula is C14H14FN3O2S. The summed E-state index contributed by atoms with van der Waals surface area (Å²) in [6, 6.07) is 7.96. The van der Waals surface area contributed by atoms with E-state index in [0.717, 1.165) is 11.8 Å². The average molecular weight is 307 g/mol. The topological polar surface area (TPSA) is 74.8 Å². The summed E-state index contributed by atoms with van der Waals surface area (Å²) in [5.74, 6) is -0.481. The molecule has 21 heavy (non-hydrogen) atoms. The molecular weight excluding hydrogens is 293 g/mol. The molecule has 0 aliphatic rings. The molecule has 110 valence electrons. The van der Waals surface area contributed by atoms with Crippen LogP contribution in [0.5, 0.6) is 0 Å². The fraction of sp³-hybridized carbons (Fsp3) is 0.214. The smallest absolute Gasteiger partial charge is 0.346 e. The monoisotopic (exact) mass is 307 g/mol. The number of hydrogen-bond donors (Lipinski definition) is 2. The number of aromatic nitrogens is 2. The highest BCUT2D eigenvalue weighted by molar-refractivity contribution is 7.99. The number of nitrogens with one attached hydrogen (secondary N) is 2. The number of rotatable bonds is 5. The molecule has 0 saturated heterocycles. The van der Waals surface area contributed by atoms with Gasteiger partial charge in [-0.25, -0.2) is 9.18 Å². The molecule has 0 spiro atoms. The van der Waals surface area contributed by atoms with Gasteiger partial charge in [0.2, 0.25) is 5.91 Å². The third kappa shape index (κ3) is 4.71. The molecule has 2 N–H and O–H groups in total. The van der Waals surface area contributed by atoms with E-state index in [0.29, 0.717) is 16.3 Å². The average Bonchev–Trinajstić information content (AvgIpc) is 2.43. The summed E-state index contributed by atoms with van der Waals surface area (Å²) in [7, 11) is 0. The molecule has 0 saturated carbocycles. The number of aryl methyl sites for hydroxylation is 1. The zero-order valence-electron chi connectivity index (χ0n) is 11.4. The van der Waals surface area contributed by atoms with Gasteiger partial charge in [-0.1, -0.05) is 30.0 Å². The minimum atomic E-state index is -0.440. The van der Waals surface area contributed by atoms with E-state index in [1.54, 1.807) is 31.2 Å². The Balaban J connectivity index is 1.85. The number of carbonyl (C=O) groups excluding carboxylic acids is 1. The Hall–Kier alpha value is -2.15. The standard InChI is InChI=1S/C14H14FN3O2S/c1-9-6-13(18-14(20)17-9)21-8-12(19)16-7-10-4-2-3-5-11(10)15/h2-6H,7-8H2,1H3,(H,16,19)(H,17,18,20). The minimum Gasteiger partial charge on any atom is -0.351 e. The van der Waals surface area contributed by atoms with Crippen LogP contribution in [0.1, 0.15) is 11.3 Å². The predicted octanol–water partition coefficient (Wildman–Crippen LogP) is 1.63. The van der Waals surface area contributed by atoms with Crippen molar-refractivity contribution in [3.05, 3.63) is 57.9 Å². The molecule has 0 atom stereocenters. The molecule has 5 nitrogen and oxygen atoms in total. The van der Waals surface area contributed by atoms with Crippen molar-refractivity contribution in [2.24, 2.45) is 0 Å². The molecule has 1 amide bonds. The summed E-state index contributed by atoms with van der Waals surface area (Å²) in [6.45, 7) is 1.87. The van der Waals surface area contributed by atoms with Crippen molar-refractivity contribution >= 4 is 17.7 Å². The van der Waals surface area contributed by atoms with Crippen molar-refractivity contribution < 1.29 is 9.18 Å². The van der Waals surface area contributed by atoms with E-state index in [4.69, 9.17) is 0 Å². The molecule has 0 aliphatic carbocycles. The molecule has 1 aromatic carbocycles. The lowest BCUT2D eigenvalue weighted by Gasteiger charge is -2.06. The van der Waals surface area contributed by atoms with E-state index in [9.17, 15) is 14.0 Å². The number of aromatic amines is 1. The maximum atomic E-state index is 13.4. The maximum Gasteiger partial charge on any atom is 0.346 e. The summed E-state index contributed by atoms with van der Waals surface area (Å²) in [4.78, 5) is 29.2. The van der Waals surface area contributed by atoms with Crippen LogP contribution in [0.25, 0.3) is 0 Å². The van der Waals surface area contributed by atoms with Crippen LogP contribution >= 0.6 is 11.8 Å². The number of thioether (sulfide) groups is 1. The lowest BCUT2D eigenvalue weighted by molar-refractivity contribution is -0.118. The molecule has 0 aliphatic heterocycles. The van der Waals surface area contributed by atoms with Gasteiger partial charge in [-0.05, 0) is 19.1 Å². The second-order valence-corrected chi connectivity index (χ2v) is 5.36. The minimum absolute atomic E-state index is 0.115. The second kappa shape index (κ2) is 7.03. The predicted molar refractivity (Wildman–Crippen MR) is 78.6 cm³/mol. The van der Waals surface area contributed by atoms with Crippen LogP contribution in [-0.4, -0.2) is 21.6 Å². The Bertz CT molecular complexity index is 703. The van der Waals surface area contributed by atoms with Gasteiger partial charge in [-0.2, -0.15) is 4.98 Å². The van der Waals surface area contributed by atoms with Gasteiger partial charge in [0, 0.05) is 17.8 Å². The van der Waals surface area contributed by atoms with Crippen LogP contribution in [0.4, 0.5) is 4.39 Å². The number of benzene rings is 1. The zero-order valence-corrected chi connectivity index (χ0v) is 12.2. The molecule has 1 heterocycles. The van der Waals surface area contributed by atoms with Crippen molar-refractivity contribution in [2.45, 2.75) is 18.5 Å². The quantitative estimate of drug-likeness (QED) is 0.650. The van der Waals surface area contributed by atoms with E-state index in [2.05, 4.69) is 15.3 Å². The van der Waals surface area contributed by atoms with E-state index in [-0.39, 0.29) is 24.0 Å². The number of carbonyl (C=O) groups is 1. The number of halogens is 1. The number of hydrogen-bond acceptors (Lipinski definition) is 4. The molecule has 2 aromatic rings. The van der Waals surface area contributed by atoms with Gasteiger partial charge in [0.15, 0.2) is 0 Å². The summed E-state index contributed by atoms with van der Waals surface area (Å²) >= 11 is 1.16. The van der Waals surface area contributed by atoms with Crippen molar-refractivity contribution in [3.63, 3.8) is 0 Å². The Morgan fingerprint density at radius 1 is 1.43 bits per heavy atom. The summed E-state index contributed by atoms with van der Waals surface area (Å²) in [6.07, 6.45) is 0. The molecule has 2 rings (SSSR count). The van der Waals surface area contributed by atoms with Gasteiger partial charge >= 0.3 is 5.69 Å². The normalized spacial score (nSPS) is 10.4. The lowest BCUT2D eigenvalue weighted by atomic mass is 10.2. The summed E-state index contributed by atoms with van der Waals surface area (Å²) < 4.78 is 13.4. The Morgan fingerprint density at radius 2 is 2.19 bits per heavy atom. The fourth-order valence-electron chi connectivity index (χ4n) is 1.65. The van der Waals surface area contributed by atoms with E-state index < -0.39 is 5.69 Å². The zero-order chi connectivity index (χ0) is 15.2. The van der Waals surface area contributed by atoms with E-state index >= 15 is 0 Å². The van der Waals surface area contributed by atoms with Crippen molar-refractivity contribution in [1.29, 1.82) is 0 Å². The molecule has 7 heteroatoms. The van der Waals surface area contributed by atoms with Crippen LogP contribution in [-0.2, 0) is 11.3 Å². The van der Waals surface area contributed by atoms with Gasteiger partial charge in [-0.3, -0.25) is 4.79 Å². The Morgan fingerprint density at radius 3 is 2.90 bits per heavy atom. The maximum absolute atomic E-state index is 13.4. The largest absolute Gasteiger partial charge is 0.351 e. The molecule has 0 fully saturated rings. The highest BCUT2D eigenvalue weighted by atomic mass is 32.2. The van der Waals surface area contributed by atoms with E-state index in [1.807, 2.05) is 0 Å². The Labute approximate surface area is 125 Å². The SMILES string of the molecule is Cc1cc(SCC(=O)NCc2ccccc2F)nc(=O)[nH]1. The van der Waals surface area contributed by atoms with Crippen LogP contribution in [0.15, 0.2) is 40.2 Å². The van der Waals surface area contributed by atoms with Gasteiger partial charge in [0.1, 0.15) is 10.8 Å². The number of H-pyrrole nitrogens is 1. The molecule has 1 aromatic heterocycles. The lowest BCUT2D eigenvalue weighted by Crippen LogP contribution is -2.25. The first-order valence-corrected chi connectivity index (χ1v) is 7.24. The third-order valence-electron chi connectivity index (χ3n) is 2.64. The Kier molecular flexibility index (Phi) is 5.10. The van der Waals surface area contributed by atoms with Gasteiger partial charge in [-0.15, -0.1) is 0 Å². The fourth-order valence-corrected chi connectivity index (χ4v) is 2.44. The van der Waals surface area contributed by atoms with Crippen molar-refractivity contribution in [3.8, 4) is 0 Å². The highest BCUT2D eigenvalue weighted by Crippen LogP contribution is 2.13. The van der Waals surface area contributed by atoms with Crippen molar-refractivity contribution in [2.75, 3.05) is 5.75 Å². The molecule has 0 radical (unpaired) electrons. The first kappa shape index (κ1) is 15.2.